The first-order valence-corrected chi connectivity index (χ1v) is 9.80. The summed E-state index contributed by atoms with van der Waals surface area (Å²) in [7, 11) is 7.52. The summed E-state index contributed by atoms with van der Waals surface area (Å²) < 4.78 is 2.02. The highest BCUT2D eigenvalue weighted by Gasteiger charge is 2.10. The molecule has 160 valence electrons. The van der Waals surface area contributed by atoms with Gasteiger partial charge >= 0.3 is 0 Å². The molecule has 2 rings (SSSR count). The van der Waals surface area contributed by atoms with Crippen LogP contribution in [0, 0.1) is 0 Å². The number of halogens is 2. The SMILES string of the molecule is CCNC(=NCCc1cccc(C(=O)N(C)C)c1)N(C)Cc1cc(Cl)cn1C.I. The molecule has 0 spiro atoms. The van der Waals surface area contributed by atoms with Gasteiger partial charge in [0.1, 0.15) is 0 Å². The van der Waals surface area contributed by atoms with Crippen molar-refractivity contribution in [1.29, 1.82) is 0 Å². The third-order valence-electron chi connectivity index (χ3n) is 4.41. The van der Waals surface area contributed by atoms with Crippen molar-refractivity contribution in [3.05, 3.63) is 58.4 Å². The lowest BCUT2D eigenvalue weighted by atomic mass is 10.1. The van der Waals surface area contributed by atoms with E-state index in [9.17, 15) is 4.79 Å². The molecule has 0 atom stereocenters. The highest BCUT2D eigenvalue weighted by atomic mass is 127. The summed E-state index contributed by atoms with van der Waals surface area (Å²) in [6, 6.07) is 9.71. The molecule has 1 heterocycles. The fourth-order valence-electron chi connectivity index (χ4n) is 2.92. The third kappa shape index (κ3) is 7.54. The van der Waals surface area contributed by atoms with Crippen molar-refractivity contribution >= 4 is 47.4 Å². The monoisotopic (exact) mass is 531 g/mol. The summed E-state index contributed by atoms with van der Waals surface area (Å²) in [5, 5.41) is 4.07. The van der Waals surface area contributed by atoms with Crippen LogP contribution in [0.2, 0.25) is 5.02 Å². The van der Waals surface area contributed by atoms with Gasteiger partial charge in [-0.25, -0.2) is 0 Å². The number of aryl methyl sites for hydroxylation is 1. The fraction of sp³-hybridized carbons (Fsp3) is 0.429. The number of carbonyl (C=O) groups is 1. The normalized spacial score (nSPS) is 11.0. The predicted octanol–water partition coefficient (Wildman–Crippen LogP) is 3.64. The van der Waals surface area contributed by atoms with Crippen LogP contribution in [0.25, 0.3) is 0 Å². The summed E-state index contributed by atoms with van der Waals surface area (Å²) in [6.45, 7) is 4.20. The van der Waals surface area contributed by atoms with E-state index >= 15 is 0 Å². The summed E-state index contributed by atoms with van der Waals surface area (Å²) in [6.07, 6.45) is 2.67. The number of nitrogens with zero attached hydrogens (tertiary/aromatic N) is 4. The zero-order valence-electron chi connectivity index (χ0n) is 17.8. The molecule has 6 nitrogen and oxygen atoms in total. The Hall–Kier alpha value is -1.74. The molecule has 0 aliphatic carbocycles. The molecule has 29 heavy (non-hydrogen) atoms. The van der Waals surface area contributed by atoms with Gasteiger partial charge in [-0.2, -0.15) is 0 Å². The minimum atomic E-state index is 0. The second-order valence-corrected chi connectivity index (χ2v) is 7.44. The van der Waals surface area contributed by atoms with E-state index in [-0.39, 0.29) is 29.9 Å². The molecule has 1 aromatic carbocycles. The highest BCUT2D eigenvalue weighted by molar-refractivity contribution is 14.0. The number of hydrogen-bond donors (Lipinski definition) is 1. The van der Waals surface area contributed by atoms with Gasteiger partial charge in [-0.3, -0.25) is 9.79 Å². The summed E-state index contributed by atoms with van der Waals surface area (Å²) in [5.41, 5.74) is 2.92. The molecule has 0 radical (unpaired) electrons. The number of guanidine groups is 1. The molecule has 1 amide bonds. The van der Waals surface area contributed by atoms with Gasteiger partial charge in [0.05, 0.1) is 11.6 Å². The average Bonchev–Trinajstić information content (AvgIpc) is 2.97. The highest BCUT2D eigenvalue weighted by Crippen LogP contribution is 2.14. The van der Waals surface area contributed by atoms with E-state index in [1.54, 1.807) is 19.0 Å². The molecule has 0 bridgehead atoms. The number of rotatable bonds is 7. The maximum Gasteiger partial charge on any atom is 0.253 e. The number of benzene rings is 1. The number of amides is 1. The second kappa shape index (κ2) is 12.1. The van der Waals surface area contributed by atoms with Crippen LogP contribution in [0.15, 0.2) is 41.5 Å². The van der Waals surface area contributed by atoms with Gasteiger partial charge in [0, 0.05) is 58.7 Å². The molecule has 0 aliphatic rings. The number of carbonyl (C=O) groups excluding carboxylic acids is 1. The molecule has 0 aliphatic heterocycles. The third-order valence-corrected chi connectivity index (χ3v) is 4.62. The topological polar surface area (TPSA) is 52.9 Å². The maximum absolute atomic E-state index is 12.1. The average molecular weight is 532 g/mol. The zero-order valence-corrected chi connectivity index (χ0v) is 20.9. The van der Waals surface area contributed by atoms with Gasteiger partial charge < -0.3 is 19.7 Å². The largest absolute Gasteiger partial charge is 0.357 e. The maximum atomic E-state index is 12.1. The summed E-state index contributed by atoms with van der Waals surface area (Å²) >= 11 is 6.08. The summed E-state index contributed by atoms with van der Waals surface area (Å²) in [5.74, 6) is 0.861. The van der Waals surface area contributed by atoms with Crippen LogP contribution in [0.3, 0.4) is 0 Å². The minimum Gasteiger partial charge on any atom is -0.357 e. The Morgan fingerprint density at radius 2 is 1.97 bits per heavy atom. The van der Waals surface area contributed by atoms with Crippen molar-refractivity contribution in [2.45, 2.75) is 19.9 Å². The van der Waals surface area contributed by atoms with Crippen molar-refractivity contribution in [2.75, 3.05) is 34.2 Å². The van der Waals surface area contributed by atoms with E-state index in [1.807, 2.05) is 55.2 Å². The Bertz CT molecular complexity index is 834. The van der Waals surface area contributed by atoms with Crippen molar-refractivity contribution in [3.8, 4) is 0 Å². The van der Waals surface area contributed by atoms with E-state index in [0.717, 1.165) is 35.2 Å². The second-order valence-electron chi connectivity index (χ2n) is 7.00. The molecule has 2 aromatic rings. The van der Waals surface area contributed by atoms with Crippen LogP contribution in [0.4, 0.5) is 0 Å². The smallest absolute Gasteiger partial charge is 0.253 e. The van der Waals surface area contributed by atoms with Crippen molar-refractivity contribution < 1.29 is 4.79 Å². The first kappa shape index (κ1) is 25.3. The van der Waals surface area contributed by atoms with Crippen molar-refractivity contribution in [2.24, 2.45) is 12.0 Å². The van der Waals surface area contributed by atoms with Gasteiger partial charge in [-0.05, 0) is 37.1 Å². The zero-order chi connectivity index (χ0) is 20.7. The van der Waals surface area contributed by atoms with Crippen LogP contribution in [0.1, 0.15) is 28.5 Å². The van der Waals surface area contributed by atoms with Gasteiger partial charge in [-0.15, -0.1) is 24.0 Å². The van der Waals surface area contributed by atoms with Gasteiger partial charge in [-0.1, -0.05) is 23.7 Å². The van der Waals surface area contributed by atoms with Crippen molar-refractivity contribution in [1.82, 2.24) is 19.7 Å². The minimum absolute atomic E-state index is 0. The lowest BCUT2D eigenvalue weighted by Gasteiger charge is -2.22. The Kier molecular flexibility index (Phi) is 10.5. The van der Waals surface area contributed by atoms with E-state index in [2.05, 4.69) is 17.1 Å². The molecule has 0 saturated heterocycles. The Morgan fingerprint density at radius 3 is 2.55 bits per heavy atom. The number of hydrogen-bond acceptors (Lipinski definition) is 2. The van der Waals surface area contributed by atoms with E-state index in [4.69, 9.17) is 16.6 Å². The van der Waals surface area contributed by atoms with E-state index < -0.39 is 0 Å². The molecule has 0 fully saturated rings. The molecule has 0 unspecified atom stereocenters. The lowest BCUT2D eigenvalue weighted by Crippen LogP contribution is -2.39. The first-order valence-electron chi connectivity index (χ1n) is 9.42. The molecule has 1 N–H and O–H groups in total. The Balaban J connectivity index is 0.00000420. The predicted molar refractivity (Wildman–Crippen MR) is 131 cm³/mol. The molecule has 1 aromatic heterocycles. The van der Waals surface area contributed by atoms with Crippen LogP contribution in [0.5, 0.6) is 0 Å². The van der Waals surface area contributed by atoms with Crippen LogP contribution in [-0.4, -0.2) is 60.5 Å². The quantitative estimate of drug-likeness (QED) is 0.337. The van der Waals surface area contributed by atoms with Crippen LogP contribution < -0.4 is 5.32 Å². The van der Waals surface area contributed by atoms with E-state index in [0.29, 0.717) is 18.7 Å². The van der Waals surface area contributed by atoms with Gasteiger partial charge in [0.15, 0.2) is 5.96 Å². The van der Waals surface area contributed by atoms with Crippen LogP contribution >= 0.6 is 35.6 Å². The van der Waals surface area contributed by atoms with Crippen LogP contribution in [-0.2, 0) is 20.0 Å². The standard InChI is InChI=1S/C21H30ClN5O.HI/c1-6-23-21(27(5)15-19-13-18(22)14-26(19)4)24-11-10-16-8-7-9-17(12-16)20(28)25(2)3;/h7-9,12-14H,6,10-11,15H2,1-5H3,(H,23,24);1H. The van der Waals surface area contributed by atoms with Crippen molar-refractivity contribution in [3.63, 3.8) is 0 Å². The van der Waals surface area contributed by atoms with Gasteiger partial charge in [0.25, 0.3) is 5.91 Å². The van der Waals surface area contributed by atoms with E-state index in [1.165, 1.54) is 0 Å². The number of aromatic nitrogens is 1. The number of nitrogens with one attached hydrogen (secondary N) is 1. The molecule has 0 saturated carbocycles. The van der Waals surface area contributed by atoms with Gasteiger partial charge in [0.2, 0.25) is 0 Å². The Morgan fingerprint density at radius 1 is 1.24 bits per heavy atom. The molecular weight excluding hydrogens is 501 g/mol. The number of aliphatic imine (C=N–C) groups is 1. The molecular formula is C21H31ClIN5O. The molecule has 8 heteroatoms. The fourth-order valence-corrected chi connectivity index (χ4v) is 3.19. The summed E-state index contributed by atoms with van der Waals surface area (Å²) in [4.78, 5) is 20.5. The first-order chi connectivity index (χ1) is 13.3. The lowest BCUT2D eigenvalue weighted by molar-refractivity contribution is 0.0827. The Labute approximate surface area is 195 Å².